The van der Waals surface area contributed by atoms with Crippen LogP contribution in [0.5, 0.6) is 0 Å². The quantitative estimate of drug-likeness (QED) is 0.452. The minimum Gasteiger partial charge on any atom is -0.294 e. The fourth-order valence-corrected chi connectivity index (χ4v) is 1.50. The van der Waals surface area contributed by atoms with E-state index in [0.717, 1.165) is 0 Å². The molecule has 0 aliphatic carbocycles. The van der Waals surface area contributed by atoms with Gasteiger partial charge in [0.25, 0.3) is 5.69 Å². The van der Waals surface area contributed by atoms with E-state index >= 15 is 0 Å². The number of carbonyl (C=O) groups excluding carboxylic acids is 1. The summed E-state index contributed by atoms with van der Waals surface area (Å²) in [4.78, 5) is 25.7. The third-order valence-electron chi connectivity index (χ3n) is 2.41. The molecule has 0 saturated heterocycles. The number of aromatic nitrogens is 3. The van der Waals surface area contributed by atoms with E-state index in [-0.39, 0.29) is 17.9 Å². The fourth-order valence-electron chi connectivity index (χ4n) is 1.50. The first-order valence-electron chi connectivity index (χ1n) is 5.27. The molecule has 0 bridgehead atoms. The summed E-state index contributed by atoms with van der Waals surface area (Å²) in [6.45, 7) is 0.404. The van der Waals surface area contributed by atoms with Crippen molar-refractivity contribution in [1.29, 1.82) is 0 Å². The second-order valence-corrected chi connectivity index (χ2v) is 3.64. The highest BCUT2D eigenvalue weighted by atomic mass is 16.6. The van der Waals surface area contributed by atoms with Gasteiger partial charge in [-0.1, -0.05) is 12.1 Å². The van der Waals surface area contributed by atoms with Crippen molar-refractivity contribution in [2.24, 2.45) is 0 Å². The predicted octanol–water partition coefficient (Wildman–Crippen LogP) is 1.46. The van der Waals surface area contributed by atoms with Crippen LogP contribution in [-0.4, -0.2) is 25.5 Å². The molecular weight excluding hydrogens is 236 g/mol. The van der Waals surface area contributed by atoms with Crippen molar-refractivity contribution in [2.45, 2.75) is 13.0 Å². The number of hydrogen-bond acceptors (Lipinski definition) is 5. The molecule has 0 saturated carbocycles. The molecule has 0 aliphatic rings. The standard InChI is InChI=1S/C11H10N4O3/c16-11(4-5-14-8-12-7-13-14)9-2-1-3-10(6-9)15(17)18/h1-3,6-8H,4-5H2. The molecule has 0 atom stereocenters. The molecule has 0 amide bonds. The van der Waals surface area contributed by atoms with E-state index < -0.39 is 4.92 Å². The number of benzene rings is 1. The lowest BCUT2D eigenvalue weighted by Gasteiger charge is -2.01. The van der Waals surface area contributed by atoms with Crippen molar-refractivity contribution in [2.75, 3.05) is 0 Å². The molecule has 0 unspecified atom stereocenters. The Morgan fingerprint density at radius 2 is 2.28 bits per heavy atom. The largest absolute Gasteiger partial charge is 0.294 e. The van der Waals surface area contributed by atoms with Gasteiger partial charge in [-0.25, -0.2) is 4.98 Å². The molecule has 1 aromatic carbocycles. The van der Waals surface area contributed by atoms with E-state index in [9.17, 15) is 14.9 Å². The van der Waals surface area contributed by atoms with Crippen LogP contribution < -0.4 is 0 Å². The summed E-state index contributed by atoms with van der Waals surface area (Å²) in [6, 6.07) is 5.70. The van der Waals surface area contributed by atoms with Gasteiger partial charge in [-0.3, -0.25) is 19.6 Å². The van der Waals surface area contributed by atoms with Crippen LogP contribution in [0.1, 0.15) is 16.8 Å². The molecule has 0 radical (unpaired) electrons. The predicted molar refractivity (Wildman–Crippen MR) is 62.1 cm³/mol. The number of non-ortho nitro benzene ring substituents is 1. The SMILES string of the molecule is O=C(CCn1cncn1)c1cccc([N+](=O)[O-])c1. The molecule has 2 aromatic rings. The highest BCUT2D eigenvalue weighted by Crippen LogP contribution is 2.14. The molecule has 0 fully saturated rings. The summed E-state index contributed by atoms with van der Waals surface area (Å²) in [5.41, 5.74) is 0.255. The Balaban J connectivity index is 2.04. The van der Waals surface area contributed by atoms with E-state index in [1.165, 1.54) is 35.5 Å². The summed E-state index contributed by atoms with van der Waals surface area (Å²) >= 11 is 0. The fraction of sp³-hybridized carbons (Fsp3) is 0.182. The Hall–Kier alpha value is -2.57. The first-order chi connectivity index (χ1) is 8.66. The number of rotatable bonds is 5. The van der Waals surface area contributed by atoms with Crippen molar-refractivity contribution < 1.29 is 9.72 Å². The Bertz CT molecular complexity index is 565. The maximum absolute atomic E-state index is 11.8. The number of carbonyl (C=O) groups is 1. The van der Waals surface area contributed by atoms with Crippen LogP contribution in [0.4, 0.5) is 5.69 Å². The average molecular weight is 246 g/mol. The first-order valence-corrected chi connectivity index (χ1v) is 5.27. The molecule has 92 valence electrons. The van der Waals surface area contributed by atoms with E-state index in [1.807, 2.05) is 0 Å². The number of nitro benzene ring substituents is 1. The van der Waals surface area contributed by atoms with Crippen molar-refractivity contribution >= 4 is 11.5 Å². The molecule has 2 rings (SSSR count). The Morgan fingerprint density at radius 3 is 2.94 bits per heavy atom. The third-order valence-corrected chi connectivity index (χ3v) is 2.41. The lowest BCUT2D eigenvalue weighted by Crippen LogP contribution is -2.06. The van der Waals surface area contributed by atoms with Crippen LogP contribution in [0.3, 0.4) is 0 Å². The van der Waals surface area contributed by atoms with Crippen LogP contribution in [0.15, 0.2) is 36.9 Å². The van der Waals surface area contributed by atoms with Gasteiger partial charge in [0.05, 0.1) is 4.92 Å². The number of hydrogen-bond donors (Lipinski definition) is 0. The first kappa shape index (κ1) is 11.9. The Kier molecular flexibility index (Phi) is 3.42. The van der Waals surface area contributed by atoms with E-state index in [4.69, 9.17) is 0 Å². The monoisotopic (exact) mass is 246 g/mol. The highest BCUT2D eigenvalue weighted by molar-refractivity contribution is 5.96. The van der Waals surface area contributed by atoms with Gasteiger partial charge >= 0.3 is 0 Å². The van der Waals surface area contributed by atoms with Crippen molar-refractivity contribution in [3.8, 4) is 0 Å². The number of ketones is 1. The zero-order valence-electron chi connectivity index (χ0n) is 9.39. The van der Waals surface area contributed by atoms with Crippen LogP contribution in [0, 0.1) is 10.1 Å². The smallest absolute Gasteiger partial charge is 0.270 e. The maximum Gasteiger partial charge on any atom is 0.270 e. The van der Waals surface area contributed by atoms with Crippen LogP contribution in [-0.2, 0) is 6.54 Å². The van der Waals surface area contributed by atoms with Gasteiger partial charge in [-0.05, 0) is 0 Å². The average Bonchev–Trinajstić information content (AvgIpc) is 2.89. The minimum atomic E-state index is -0.520. The lowest BCUT2D eigenvalue weighted by molar-refractivity contribution is -0.384. The molecule has 0 spiro atoms. The molecule has 1 heterocycles. The van der Waals surface area contributed by atoms with E-state index in [1.54, 1.807) is 6.07 Å². The highest BCUT2D eigenvalue weighted by Gasteiger charge is 2.11. The Labute approximate surface area is 102 Å². The zero-order chi connectivity index (χ0) is 13.0. The zero-order valence-corrected chi connectivity index (χ0v) is 9.39. The van der Waals surface area contributed by atoms with Gasteiger partial charge in [0, 0.05) is 30.7 Å². The van der Waals surface area contributed by atoms with Gasteiger partial charge in [0.2, 0.25) is 0 Å². The van der Waals surface area contributed by atoms with Gasteiger partial charge in [-0.15, -0.1) is 0 Å². The molecule has 0 N–H and O–H groups in total. The molecule has 0 aliphatic heterocycles. The second-order valence-electron chi connectivity index (χ2n) is 3.64. The molecule has 7 heteroatoms. The van der Waals surface area contributed by atoms with E-state index in [2.05, 4.69) is 10.1 Å². The molecule has 7 nitrogen and oxygen atoms in total. The summed E-state index contributed by atoms with van der Waals surface area (Å²) in [5, 5.41) is 14.5. The molecule has 18 heavy (non-hydrogen) atoms. The van der Waals surface area contributed by atoms with Crippen molar-refractivity contribution in [3.63, 3.8) is 0 Å². The number of aryl methyl sites for hydroxylation is 1. The van der Waals surface area contributed by atoms with Gasteiger partial charge in [-0.2, -0.15) is 5.10 Å². The second kappa shape index (κ2) is 5.17. The van der Waals surface area contributed by atoms with Gasteiger partial charge < -0.3 is 0 Å². The molecular formula is C11H10N4O3. The third kappa shape index (κ3) is 2.76. The van der Waals surface area contributed by atoms with E-state index in [0.29, 0.717) is 12.1 Å². The summed E-state index contributed by atoms with van der Waals surface area (Å²) < 4.78 is 1.54. The summed E-state index contributed by atoms with van der Waals surface area (Å²) in [6.07, 6.45) is 3.13. The van der Waals surface area contributed by atoms with Gasteiger partial charge in [0.1, 0.15) is 12.7 Å². The normalized spacial score (nSPS) is 10.2. The Morgan fingerprint density at radius 1 is 1.44 bits per heavy atom. The summed E-state index contributed by atoms with van der Waals surface area (Å²) in [5.74, 6) is -0.158. The van der Waals surface area contributed by atoms with Gasteiger partial charge in [0.15, 0.2) is 5.78 Å². The number of Topliss-reactive ketones (excluding diaryl/α,β-unsaturated/α-hetero) is 1. The van der Waals surface area contributed by atoms with Crippen LogP contribution >= 0.6 is 0 Å². The maximum atomic E-state index is 11.8. The van der Waals surface area contributed by atoms with Crippen LogP contribution in [0.25, 0.3) is 0 Å². The molecule has 1 aromatic heterocycles. The number of nitrogens with zero attached hydrogens (tertiary/aromatic N) is 4. The van der Waals surface area contributed by atoms with Crippen LogP contribution in [0.2, 0.25) is 0 Å². The lowest BCUT2D eigenvalue weighted by atomic mass is 10.1. The number of nitro groups is 1. The van der Waals surface area contributed by atoms with Crippen molar-refractivity contribution in [3.05, 3.63) is 52.6 Å². The minimum absolute atomic E-state index is 0.0818. The topological polar surface area (TPSA) is 90.9 Å². The summed E-state index contributed by atoms with van der Waals surface area (Å²) in [7, 11) is 0. The van der Waals surface area contributed by atoms with Crippen molar-refractivity contribution in [1.82, 2.24) is 14.8 Å².